The van der Waals surface area contributed by atoms with Crippen molar-refractivity contribution in [3.05, 3.63) is 23.8 Å². The zero-order valence-corrected chi connectivity index (χ0v) is 10.6. The van der Waals surface area contributed by atoms with Gasteiger partial charge in [-0.2, -0.15) is 0 Å². The summed E-state index contributed by atoms with van der Waals surface area (Å²) in [5, 5.41) is 5.85. The van der Waals surface area contributed by atoms with Crippen molar-refractivity contribution >= 4 is 11.6 Å². The van der Waals surface area contributed by atoms with Crippen molar-refractivity contribution in [1.82, 2.24) is 5.32 Å². The van der Waals surface area contributed by atoms with Gasteiger partial charge in [0.05, 0.1) is 0 Å². The largest absolute Gasteiger partial charge is 0.488 e. The predicted molar refractivity (Wildman–Crippen MR) is 67.6 cm³/mol. The molecule has 104 valence electrons. The molecule has 1 unspecified atom stereocenters. The predicted octanol–water partition coefficient (Wildman–Crippen LogP) is 2.32. The molecule has 6 heteroatoms. The van der Waals surface area contributed by atoms with E-state index in [-0.39, 0.29) is 11.9 Å². The Hall–Kier alpha value is -1.69. The molecule has 4 nitrogen and oxygen atoms in total. The zero-order chi connectivity index (χ0) is 13.8. The maximum atomic E-state index is 12.1. The van der Waals surface area contributed by atoms with Gasteiger partial charge in [-0.05, 0) is 19.0 Å². The van der Waals surface area contributed by atoms with Crippen molar-refractivity contribution in [3.63, 3.8) is 0 Å². The van der Waals surface area contributed by atoms with E-state index >= 15 is 0 Å². The SMILES string of the molecule is CCCNC1C(=O)Nc2cc(OCC(F)F)ccc21. The Labute approximate surface area is 110 Å². The van der Waals surface area contributed by atoms with Crippen molar-refractivity contribution in [2.24, 2.45) is 0 Å². The first-order valence-corrected chi connectivity index (χ1v) is 6.21. The van der Waals surface area contributed by atoms with Crippen molar-refractivity contribution in [3.8, 4) is 5.75 Å². The number of ether oxygens (including phenoxy) is 1. The van der Waals surface area contributed by atoms with E-state index < -0.39 is 13.0 Å². The molecule has 0 fully saturated rings. The fourth-order valence-electron chi connectivity index (χ4n) is 1.98. The lowest BCUT2D eigenvalue weighted by Gasteiger charge is -2.11. The molecular weight excluding hydrogens is 254 g/mol. The number of carbonyl (C=O) groups is 1. The van der Waals surface area contributed by atoms with Crippen molar-refractivity contribution in [1.29, 1.82) is 0 Å². The molecule has 2 rings (SSSR count). The fraction of sp³-hybridized carbons (Fsp3) is 0.462. The van der Waals surface area contributed by atoms with Gasteiger partial charge in [0.15, 0.2) is 0 Å². The Balaban J connectivity index is 2.10. The number of alkyl halides is 2. The molecule has 0 aromatic heterocycles. The number of amides is 1. The fourth-order valence-corrected chi connectivity index (χ4v) is 1.98. The van der Waals surface area contributed by atoms with Crippen LogP contribution >= 0.6 is 0 Å². The average Bonchev–Trinajstić information content (AvgIpc) is 2.68. The van der Waals surface area contributed by atoms with E-state index in [4.69, 9.17) is 4.74 Å². The van der Waals surface area contributed by atoms with Crippen LogP contribution in [0.3, 0.4) is 0 Å². The monoisotopic (exact) mass is 270 g/mol. The molecule has 2 N–H and O–H groups in total. The first-order valence-electron chi connectivity index (χ1n) is 6.21. The van der Waals surface area contributed by atoms with E-state index in [2.05, 4.69) is 10.6 Å². The van der Waals surface area contributed by atoms with E-state index in [1.807, 2.05) is 6.92 Å². The lowest BCUT2D eigenvalue weighted by atomic mass is 10.1. The topological polar surface area (TPSA) is 50.4 Å². The minimum absolute atomic E-state index is 0.130. The summed E-state index contributed by atoms with van der Waals surface area (Å²) < 4.78 is 29.0. The van der Waals surface area contributed by atoms with Crippen molar-refractivity contribution in [2.45, 2.75) is 25.8 Å². The van der Waals surface area contributed by atoms with Gasteiger partial charge in [-0.1, -0.05) is 13.0 Å². The Morgan fingerprint density at radius 1 is 1.47 bits per heavy atom. The summed E-state index contributed by atoms with van der Waals surface area (Å²) in [5.41, 5.74) is 1.44. The van der Waals surface area contributed by atoms with Crippen LogP contribution in [0.2, 0.25) is 0 Å². The molecule has 1 aromatic rings. The number of benzene rings is 1. The van der Waals surface area contributed by atoms with Crippen LogP contribution < -0.4 is 15.4 Å². The quantitative estimate of drug-likeness (QED) is 0.834. The molecule has 0 saturated carbocycles. The minimum Gasteiger partial charge on any atom is -0.488 e. The van der Waals surface area contributed by atoms with Crippen LogP contribution in [0.25, 0.3) is 0 Å². The Morgan fingerprint density at radius 2 is 2.26 bits per heavy atom. The van der Waals surface area contributed by atoms with Gasteiger partial charge in [0, 0.05) is 17.3 Å². The summed E-state index contributed by atoms with van der Waals surface area (Å²) in [6, 6.07) is 4.52. The molecule has 1 aliphatic rings. The van der Waals surface area contributed by atoms with E-state index in [9.17, 15) is 13.6 Å². The van der Waals surface area contributed by atoms with E-state index in [0.717, 1.165) is 18.5 Å². The number of anilines is 1. The molecule has 1 atom stereocenters. The lowest BCUT2D eigenvalue weighted by Crippen LogP contribution is -2.27. The Bertz CT molecular complexity index is 466. The lowest BCUT2D eigenvalue weighted by molar-refractivity contribution is -0.117. The van der Waals surface area contributed by atoms with Crippen LogP contribution in [0.5, 0.6) is 5.75 Å². The molecule has 0 aliphatic carbocycles. The normalized spacial score (nSPS) is 17.5. The highest BCUT2D eigenvalue weighted by molar-refractivity contribution is 6.02. The highest BCUT2D eigenvalue weighted by atomic mass is 19.3. The average molecular weight is 270 g/mol. The summed E-state index contributed by atoms with van der Waals surface area (Å²) in [6.45, 7) is 2.10. The number of fused-ring (bicyclic) bond motifs is 1. The van der Waals surface area contributed by atoms with Gasteiger partial charge in [-0.25, -0.2) is 8.78 Å². The second-order valence-electron chi connectivity index (χ2n) is 4.33. The summed E-state index contributed by atoms with van der Waals surface area (Å²) in [6.07, 6.45) is -1.59. The van der Waals surface area contributed by atoms with Gasteiger partial charge in [0.1, 0.15) is 18.4 Å². The molecule has 0 spiro atoms. The Morgan fingerprint density at radius 3 is 2.95 bits per heavy atom. The van der Waals surface area contributed by atoms with Crippen LogP contribution in [0.15, 0.2) is 18.2 Å². The van der Waals surface area contributed by atoms with Crippen LogP contribution in [-0.2, 0) is 4.79 Å². The van der Waals surface area contributed by atoms with Gasteiger partial charge in [-0.15, -0.1) is 0 Å². The summed E-state index contributed by atoms with van der Waals surface area (Å²) >= 11 is 0. The van der Waals surface area contributed by atoms with E-state index in [1.165, 1.54) is 0 Å². The standard InChI is InChI=1S/C13H16F2N2O2/c1-2-5-16-12-9-4-3-8(19-7-11(14)15)6-10(9)17-13(12)18/h3-4,6,11-12,16H,2,5,7H2,1H3,(H,17,18). The maximum Gasteiger partial charge on any atom is 0.272 e. The van der Waals surface area contributed by atoms with Gasteiger partial charge in [0.2, 0.25) is 5.91 Å². The van der Waals surface area contributed by atoms with E-state index in [0.29, 0.717) is 11.4 Å². The van der Waals surface area contributed by atoms with Gasteiger partial charge < -0.3 is 15.4 Å². The third-order valence-corrected chi connectivity index (χ3v) is 2.83. The zero-order valence-electron chi connectivity index (χ0n) is 10.6. The number of nitrogens with one attached hydrogen (secondary N) is 2. The van der Waals surface area contributed by atoms with Gasteiger partial charge in [0.25, 0.3) is 6.43 Å². The minimum atomic E-state index is -2.51. The smallest absolute Gasteiger partial charge is 0.272 e. The highest BCUT2D eigenvalue weighted by Crippen LogP contribution is 2.33. The number of hydrogen-bond acceptors (Lipinski definition) is 3. The molecule has 1 heterocycles. The molecule has 19 heavy (non-hydrogen) atoms. The highest BCUT2D eigenvalue weighted by Gasteiger charge is 2.30. The molecular formula is C13H16F2N2O2. The summed E-state index contributed by atoms with van der Waals surface area (Å²) in [4.78, 5) is 11.8. The molecule has 1 aromatic carbocycles. The molecule has 1 amide bonds. The number of rotatable bonds is 6. The molecule has 1 aliphatic heterocycles. The van der Waals surface area contributed by atoms with E-state index in [1.54, 1.807) is 18.2 Å². The first-order chi connectivity index (χ1) is 9.11. The maximum absolute atomic E-state index is 12.1. The van der Waals surface area contributed by atoms with Crippen molar-refractivity contribution < 1.29 is 18.3 Å². The molecule has 0 bridgehead atoms. The van der Waals surface area contributed by atoms with Crippen LogP contribution in [0.1, 0.15) is 24.9 Å². The van der Waals surface area contributed by atoms with Crippen LogP contribution in [0, 0.1) is 0 Å². The number of carbonyl (C=O) groups excluding carboxylic acids is 1. The van der Waals surface area contributed by atoms with Crippen molar-refractivity contribution in [2.75, 3.05) is 18.5 Å². The van der Waals surface area contributed by atoms with Crippen LogP contribution in [0.4, 0.5) is 14.5 Å². The number of halogens is 2. The second kappa shape index (κ2) is 5.97. The third kappa shape index (κ3) is 3.20. The Kier molecular flexibility index (Phi) is 4.31. The number of hydrogen-bond donors (Lipinski definition) is 2. The third-order valence-electron chi connectivity index (χ3n) is 2.83. The first kappa shape index (κ1) is 13.7. The van der Waals surface area contributed by atoms with Crippen LogP contribution in [-0.4, -0.2) is 25.5 Å². The van der Waals surface area contributed by atoms with Gasteiger partial charge >= 0.3 is 0 Å². The molecule has 0 radical (unpaired) electrons. The summed E-state index contributed by atoms with van der Waals surface area (Å²) in [5.74, 6) is 0.199. The summed E-state index contributed by atoms with van der Waals surface area (Å²) in [7, 11) is 0. The molecule has 0 saturated heterocycles. The second-order valence-corrected chi connectivity index (χ2v) is 4.33. The van der Waals surface area contributed by atoms with Gasteiger partial charge in [-0.3, -0.25) is 4.79 Å².